The summed E-state index contributed by atoms with van der Waals surface area (Å²) in [6, 6.07) is 5.82. The van der Waals surface area contributed by atoms with Crippen molar-refractivity contribution in [2.45, 2.75) is 19.6 Å². The summed E-state index contributed by atoms with van der Waals surface area (Å²) >= 11 is 0. The lowest BCUT2D eigenvalue weighted by atomic mass is 10.1. The van der Waals surface area contributed by atoms with Crippen LogP contribution in [0.2, 0.25) is 0 Å². The molecule has 0 heterocycles. The van der Waals surface area contributed by atoms with E-state index >= 15 is 0 Å². The molecular weight excluding hydrogens is 216 g/mol. The second-order valence-corrected chi connectivity index (χ2v) is 5.20. The second kappa shape index (κ2) is 5.38. The Labute approximate surface area is 103 Å². The number of rotatable bonds is 5. The molecule has 1 aromatic rings. The number of nitrogens with two attached hydrogens (primary N) is 1. The number of aliphatic hydroxyl groups is 1. The quantitative estimate of drug-likeness (QED) is 0.600. The molecule has 17 heavy (non-hydrogen) atoms. The summed E-state index contributed by atoms with van der Waals surface area (Å²) < 4.78 is 5.85. The Bertz CT molecular complexity index is 376. The third-order valence-electron chi connectivity index (χ3n) is 2.66. The van der Waals surface area contributed by atoms with Gasteiger partial charge in [-0.3, -0.25) is 0 Å². The number of likely N-dealkylation sites (N-methyl/N-ethyl adjacent to an activating group) is 1. The Morgan fingerprint density at radius 1 is 1.41 bits per heavy atom. The largest absolute Gasteiger partial charge is 0.495 e. The fourth-order valence-corrected chi connectivity index (χ4v) is 2.16. The van der Waals surface area contributed by atoms with Crippen LogP contribution < -0.4 is 10.5 Å². The molecule has 96 valence electrons. The van der Waals surface area contributed by atoms with Crippen LogP contribution in [0.3, 0.4) is 0 Å². The van der Waals surface area contributed by atoms with Gasteiger partial charge in [0.05, 0.1) is 26.9 Å². The van der Waals surface area contributed by atoms with Crippen LogP contribution in [0, 0.1) is 0 Å². The summed E-state index contributed by atoms with van der Waals surface area (Å²) in [5, 5.41) is 9.44. The molecule has 1 aromatic carbocycles. The van der Waals surface area contributed by atoms with Gasteiger partial charge in [0.2, 0.25) is 0 Å². The Morgan fingerprint density at radius 3 is 2.53 bits per heavy atom. The fourth-order valence-electron chi connectivity index (χ4n) is 2.16. The molecule has 4 heteroatoms. The lowest BCUT2D eigenvalue weighted by Gasteiger charge is -2.31. The number of hydrogen-bond donors (Lipinski definition) is 2. The van der Waals surface area contributed by atoms with Crippen molar-refractivity contribution in [1.29, 1.82) is 0 Å². The normalized spacial score (nSPS) is 13.5. The molecule has 4 nitrogen and oxygen atoms in total. The molecule has 0 radical (unpaired) electrons. The van der Waals surface area contributed by atoms with Crippen molar-refractivity contribution >= 4 is 5.69 Å². The lowest BCUT2D eigenvalue weighted by molar-refractivity contribution is -0.906. The van der Waals surface area contributed by atoms with Gasteiger partial charge in [0.1, 0.15) is 24.9 Å². The molecule has 0 spiro atoms. The van der Waals surface area contributed by atoms with Crippen LogP contribution in [-0.4, -0.2) is 43.4 Å². The van der Waals surface area contributed by atoms with Crippen molar-refractivity contribution in [2.75, 3.05) is 33.5 Å². The van der Waals surface area contributed by atoms with Crippen LogP contribution in [0.15, 0.2) is 18.2 Å². The minimum Gasteiger partial charge on any atom is -0.495 e. The maximum Gasteiger partial charge on any atom is 0.141 e. The topological polar surface area (TPSA) is 55.5 Å². The predicted molar refractivity (Wildman–Crippen MR) is 69.8 cm³/mol. The highest BCUT2D eigenvalue weighted by Crippen LogP contribution is 2.23. The Hall–Kier alpha value is -1.26. The van der Waals surface area contributed by atoms with Crippen LogP contribution in [-0.2, 0) is 6.54 Å². The van der Waals surface area contributed by atoms with E-state index in [-0.39, 0.29) is 6.10 Å². The van der Waals surface area contributed by atoms with E-state index in [4.69, 9.17) is 10.5 Å². The van der Waals surface area contributed by atoms with E-state index in [1.54, 1.807) is 7.11 Å². The van der Waals surface area contributed by atoms with Gasteiger partial charge in [0.25, 0.3) is 0 Å². The van der Waals surface area contributed by atoms with Crippen molar-refractivity contribution in [1.82, 2.24) is 0 Å². The van der Waals surface area contributed by atoms with E-state index in [0.717, 1.165) is 16.6 Å². The van der Waals surface area contributed by atoms with Crippen LogP contribution in [0.1, 0.15) is 12.5 Å². The van der Waals surface area contributed by atoms with Crippen LogP contribution in [0.25, 0.3) is 0 Å². The van der Waals surface area contributed by atoms with Gasteiger partial charge < -0.3 is 20.1 Å². The van der Waals surface area contributed by atoms with Gasteiger partial charge in [0, 0.05) is 5.56 Å². The van der Waals surface area contributed by atoms with Crippen molar-refractivity contribution in [2.24, 2.45) is 0 Å². The smallest absolute Gasteiger partial charge is 0.141 e. The lowest BCUT2D eigenvalue weighted by Crippen LogP contribution is -2.43. The maximum absolute atomic E-state index is 9.44. The van der Waals surface area contributed by atoms with Gasteiger partial charge in [-0.1, -0.05) is 0 Å². The highest BCUT2D eigenvalue weighted by atomic mass is 16.5. The van der Waals surface area contributed by atoms with Crippen LogP contribution in [0.5, 0.6) is 5.75 Å². The van der Waals surface area contributed by atoms with E-state index in [9.17, 15) is 5.11 Å². The number of aliphatic hydroxyl groups excluding tert-OH is 1. The van der Waals surface area contributed by atoms with Crippen LogP contribution >= 0.6 is 0 Å². The first-order chi connectivity index (χ1) is 7.84. The highest BCUT2D eigenvalue weighted by molar-refractivity contribution is 5.54. The SMILES string of the molecule is COc1ccc(C[N+](C)(C)CC(C)O)cc1N. The van der Waals surface area contributed by atoms with Gasteiger partial charge in [-0.05, 0) is 25.1 Å². The Morgan fingerprint density at radius 2 is 2.06 bits per heavy atom. The third-order valence-corrected chi connectivity index (χ3v) is 2.66. The van der Waals surface area contributed by atoms with Crippen LogP contribution in [0.4, 0.5) is 5.69 Å². The zero-order chi connectivity index (χ0) is 13.1. The number of quaternary nitrogens is 1. The monoisotopic (exact) mass is 239 g/mol. The molecule has 1 unspecified atom stereocenters. The average Bonchev–Trinajstić information content (AvgIpc) is 2.14. The summed E-state index contributed by atoms with van der Waals surface area (Å²) in [5.74, 6) is 0.703. The Kier molecular flexibility index (Phi) is 4.37. The molecule has 0 saturated carbocycles. The first-order valence-electron chi connectivity index (χ1n) is 5.76. The van der Waals surface area contributed by atoms with E-state index in [2.05, 4.69) is 14.1 Å². The standard InChI is InChI=1S/C13H23N2O2/c1-10(16)8-15(2,3)9-11-5-6-13(17-4)12(14)7-11/h5-7,10,16H,8-9,14H2,1-4H3/q+1. The van der Waals surface area contributed by atoms with E-state index in [1.165, 1.54) is 0 Å². The summed E-state index contributed by atoms with van der Waals surface area (Å²) in [5.41, 5.74) is 7.67. The Balaban J connectivity index is 2.78. The molecule has 0 fully saturated rings. The van der Waals surface area contributed by atoms with E-state index in [1.807, 2.05) is 25.1 Å². The van der Waals surface area contributed by atoms with Gasteiger partial charge in [-0.25, -0.2) is 0 Å². The number of nitrogen functional groups attached to an aromatic ring is 1. The number of ether oxygens (including phenoxy) is 1. The first kappa shape index (κ1) is 13.8. The maximum atomic E-state index is 9.44. The highest BCUT2D eigenvalue weighted by Gasteiger charge is 2.18. The third kappa shape index (κ3) is 4.24. The van der Waals surface area contributed by atoms with Crippen molar-refractivity contribution in [3.05, 3.63) is 23.8 Å². The van der Waals surface area contributed by atoms with Gasteiger partial charge >= 0.3 is 0 Å². The van der Waals surface area contributed by atoms with Crippen molar-refractivity contribution in [3.8, 4) is 5.75 Å². The molecule has 3 N–H and O–H groups in total. The number of hydrogen-bond acceptors (Lipinski definition) is 3. The number of anilines is 1. The molecule has 1 rings (SSSR count). The van der Waals surface area contributed by atoms with E-state index in [0.29, 0.717) is 18.0 Å². The van der Waals surface area contributed by atoms with Gasteiger partial charge in [-0.2, -0.15) is 0 Å². The average molecular weight is 239 g/mol. The minimum atomic E-state index is -0.305. The number of benzene rings is 1. The van der Waals surface area contributed by atoms with Crippen molar-refractivity contribution < 1.29 is 14.3 Å². The van der Waals surface area contributed by atoms with E-state index < -0.39 is 0 Å². The molecule has 0 amide bonds. The molecule has 0 bridgehead atoms. The first-order valence-corrected chi connectivity index (χ1v) is 5.76. The number of nitrogens with zero attached hydrogens (tertiary/aromatic N) is 1. The van der Waals surface area contributed by atoms with Crippen molar-refractivity contribution in [3.63, 3.8) is 0 Å². The van der Waals surface area contributed by atoms with Gasteiger partial charge in [-0.15, -0.1) is 0 Å². The zero-order valence-corrected chi connectivity index (χ0v) is 11.1. The summed E-state index contributed by atoms with van der Waals surface area (Å²) in [6.07, 6.45) is -0.305. The summed E-state index contributed by atoms with van der Waals surface area (Å²) in [4.78, 5) is 0. The molecule has 0 aliphatic heterocycles. The minimum absolute atomic E-state index is 0.305. The molecule has 0 aromatic heterocycles. The summed E-state index contributed by atoms with van der Waals surface area (Å²) in [7, 11) is 5.79. The second-order valence-electron chi connectivity index (χ2n) is 5.20. The predicted octanol–water partition coefficient (Wildman–Crippen LogP) is 1.23. The molecule has 0 aliphatic carbocycles. The molecular formula is C13H23N2O2+. The zero-order valence-electron chi connectivity index (χ0n) is 11.1. The fraction of sp³-hybridized carbons (Fsp3) is 0.538. The molecule has 0 saturated heterocycles. The molecule has 0 aliphatic rings. The number of methoxy groups -OCH3 is 1. The molecule has 1 atom stereocenters. The summed E-state index contributed by atoms with van der Waals surface area (Å²) in [6.45, 7) is 3.35. The van der Waals surface area contributed by atoms with Gasteiger partial charge in [0.15, 0.2) is 0 Å².